The number of H-pyrrole nitrogens is 1. The number of pyridine rings is 2. The number of aromatic nitrogens is 3. The summed E-state index contributed by atoms with van der Waals surface area (Å²) in [6.45, 7) is 0.634. The first-order chi connectivity index (χ1) is 17.8. The standard InChI is InChI=1S/C28H25ClN4O3S/c1-36-27(20-8-11-26(31-15-20)30-14-18-6-9-22(29)10-7-18)25-17-33-28-24(25)13-21(16-32-28)19-4-3-5-23(12-19)37(2,34)35/h3-13,15-17,27H,14H2,1-2H3,(H,30,31)(H,32,33). The maximum atomic E-state index is 12.0. The van der Waals surface area contributed by atoms with Crippen molar-refractivity contribution in [2.45, 2.75) is 17.5 Å². The van der Waals surface area contributed by atoms with Crippen molar-refractivity contribution >= 4 is 38.3 Å². The lowest BCUT2D eigenvalue weighted by atomic mass is 10.0. The summed E-state index contributed by atoms with van der Waals surface area (Å²) in [5.74, 6) is 0.752. The highest BCUT2D eigenvalue weighted by molar-refractivity contribution is 7.90. The van der Waals surface area contributed by atoms with Crippen LogP contribution in [-0.2, 0) is 21.1 Å². The van der Waals surface area contributed by atoms with E-state index in [1.807, 2.05) is 54.7 Å². The number of aromatic amines is 1. The van der Waals surface area contributed by atoms with Crippen molar-refractivity contribution in [1.29, 1.82) is 0 Å². The van der Waals surface area contributed by atoms with Crippen molar-refractivity contribution in [2.75, 3.05) is 18.7 Å². The lowest BCUT2D eigenvalue weighted by molar-refractivity contribution is 0.137. The van der Waals surface area contributed by atoms with Crippen molar-refractivity contribution < 1.29 is 13.2 Å². The van der Waals surface area contributed by atoms with Crippen molar-refractivity contribution in [3.8, 4) is 11.1 Å². The Morgan fingerprint density at radius 2 is 1.81 bits per heavy atom. The highest BCUT2D eigenvalue weighted by Crippen LogP contribution is 2.33. The van der Waals surface area contributed by atoms with Crippen LogP contribution in [0.4, 0.5) is 5.82 Å². The zero-order valence-corrected chi connectivity index (χ0v) is 21.8. The minimum absolute atomic E-state index is 0.269. The predicted octanol–water partition coefficient (Wildman–Crippen LogP) is 6.03. The average molecular weight is 533 g/mol. The van der Waals surface area contributed by atoms with Gasteiger partial charge in [-0.3, -0.25) is 0 Å². The van der Waals surface area contributed by atoms with Crippen LogP contribution in [0.3, 0.4) is 0 Å². The third-order valence-electron chi connectivity index (χ3n) is 6.15. The van der Waals surface area contributed by atoms with Crippen LogP contribution in [0.15, 0.2) is 90.2 Å². The van der Waals surface area contributed by atoms with Crippen LogP contribution in [0, 0.1) is 0 Å². The Labute approximate surface area is 220 Å². The molecule has 0 radical (unpaired) electrons. The molecule has 1 atom stereocenters. The summed E-state index contributed by atoms with van der Waals surface area (Å²) in [4.78, 5) is 12.6. The van der Waals surface area contributed by atoms with E-state index in [0.717, 1.165) is 39.0 Å². The first-order valence-electron chi connectivity index (χ1n) is 11.6. The summed E-state index contributed by atoms with van der Waals surface area (Å²) in [5, 5.41) is 4.91. The molecule has 188 valence electrons. The van der Waals surface area contributed by atoms with Crippen molar-refractivity contribution in [2.24, 2.45) is 0 Å². The zero-order chi connectivity index (χ0) is 26.0. The first kappa shape index (κ1) is 25.0. The number of ether oxygens (including phenoxy) is 1. The van der Waals surface area contributed by atoms with E-state index in [1.165, 1.54) is 6.26 Å². The maximum Gasteiger partial charge on any atom is 0.175 e. The van der Waals surface area contributed by atoms with E-state index in [-0.39, 0.29) is 11.0 Å². The Morgan fingerprint density at radius 3 is 2.51 bits per heavy atom. The summed E-state index contributed by atoms with van der Waals surface area (Å²) in [7, 11) is -1.66. The molecule has 0 amide bonds. The van der Waals surface area contributed by atoms with E-state index in [1.54, 1.807) is 37.7 Å². The number of anilines is 1. The van der Waals surface area contributed by atoms with Gasteiger partial charge in [0, 0.05) is 65.6 Å². The Kier molecular flexibility index (Phi) is 6.97. The Hall–Kier alpha value is -3.72. The second-order valence-electron chi connectivity index (χ2n) is 8.74. The fraction of sp³-hybridized carbons (Fsp3) is 0.143. The van der Waals surface area contributed by atoms with E-state index in [0.29, 0.717) is 17.2 Å². The molecule has 37 heavy (non-hydrogen) atoms. The summed E-state index contributed by atoms with van der Waals surface area (Å²) >= 11 is 5.96. The topological polar surface area (TPSA) is 97.0 Å². The van der Waals surface area contributed by atoms with Gasteiger partial charge in [-0.25, -0.2) is 18.4 Å². The SMILES string of the molecule is COC(c1ccc(NCc2ccc(Cl)cc2)nc1)c1c[nH]c2ncc(-c3cccc(S(C)(=O)=O)c3)cc12. The van der Waals surface area contributed by atoms with Gasteiger partial charge in [0.25, 0.3) is 0 Å². The van der Waals surface area contributed by atoms with Gasteiger partial charge in [0.15, 0.2) is 9.84 Å². The highest BCUT2D eigenvalue weighted by Gasteiger charge is 2.19. The second kappa shape index (κ2) is 10.3. The van der Waals surface area contributed by atoms with E-state index in [9.17, 15) is 8.42 Å². The third-order valence-corrected chi connectivity index (χ3v) is 7.51. The molecule has 3 heterocycles. The van der Waals surface area contributed by atoms with Gasteiger partial charge in [0.05, 0.1) is 4.90 Å². The number of methoxy groups -OCH3 is 1. The lowest BCUT2D eigenvalue weighted by Gasteiger charge is -2.16. The molecule has 0 saturated carbocycles. The lowest BCUT2D eigenvalue weighted by Crippen LogP contribution is -2.05. The molecule has 3 aromatic heterocycles. The van der Waals surface area contributed by atoms with Crippen LogP contribution in [0.1, 0.15) is 22.8 Å². The molecule has 9 heteroatoms. The molecule has 0 saturated heterocycles. The number of benzene rings is 2. The van der Waals surface area contributed by atoms with Gasteiger partial charge in [-0.2, -0.15) is 0 Å². The fourth-order valence-corrected chi connectivity index (χ4v) is 5.00. The number of hydrogen-bond acceptors (Lipinski definition) is 6. The third kappa shape index (κ3) is 5.51. The molecular formula is C28H25ClN4O3S. The molecule has 7 nitrogen and oxygen atoms in total. The molecular weight excluding hydrogens is 508 g/mol. The maximum absolute atomic E-state index is 12.0. The van der Waals surface area contributed by atoms with Gasteiger partial charge >= 0.3 is 0 Å². The fourth-order valence-electron chi connectivity index (χ4n) is 4.21. The predicted molar refractivity (Wildman–Crippen MR) is 147 cm³/mol. The summed E-state index contributed by atoms with van der Waals surface area (Å²) in [5.41, 5.74) is 5.22. The number of hydrogen-bond donors (Lipinski definition) is 2. The molecule has 2 N–H and O–H groups in total. The van der Waals surface area contributed by atoms with Crippen molar-refractivity contribution in [1.82, 2.24) is 15.0 Å². The molecule has 1 unspecified atom stereocenters. The van der Waals surface area contributed by atoms with Gasteiger partial charge in [-0.1, -0.05) is 41.9 Å². The molecule has 0 aliphatic heterocycles. The van der Waals surface area contributed by atoms with Crippen LogP contribution in [-0.4, -0.2) is 36.7 Å². The molecule has 0 aliphatic rings. The zero-order valence-electron chi connectivity index (χ0n) is 20.3. The Morgan fingerprint density at radius 1 is 1.00 bits per heavy atom. The molecule has 5 rings (SSSR count). The van der Waals surface area contributed by atoms with Gasteiger partial charge in [-0.05, 0) is 47.5 Å². The molecule has 0 bridgehead atoms. The van der Waals surface area contributed by atoms with Crippen LogP contribution < -0.4 is 5.32 Å². The largest absolute Gasteiger partial charge is 0.372 e. The van der Waals surface area contributed by atoms with Crippen LogP contribution >= 0.6 is 11.6 Å². The molecule has 5 aromatic rings. The summed E-state index contributed by atoms with van der Waals surface area (Å²) in [6.07, 6.45) is 6.24. The summed E-state index contributed by atoms with van der Waals surface area (Å²) < 4.78 is 29.9. The molecule has 0 spiro atoms. The highest BCUT2D eigenvalue weighted by atomic mass is 35.5. The van der Waals surface area contributed by atoms with Crippen LogP contribution in [0.2, 0.25) is 5.02 Å². The van der Waals surface area contributed by atoms with E-state index in [2.05, 4.69) is 20.3 Å². The average Bonchev–Trinajstić information content (AvgIpc) is 3.32. The van der Waals surface area contributed by atoms with Crippen molar-refractivity contribution in [3.63, 3.8) is 0 Å². The Bertz CT molecular complexity index is 1650. The van der Waals surface area contributed by atoms with E-state index in [4.69, 9.17) is 16.3 Å². The van der Waals surface area contributed by atoms with E-state index < -0.39 is 9.84 Å². The van der Waals surface area contributed by atoms with Gasteiger partial charge in [-0.15, -0.1) is 0 Å². The number of fused-ring (bicyclic) bond motifs is 1. The summed E-state index contributed by atoms with van der Waals surface area (Å²) in [6, 6.07) is 20.4. The van der Waals surface area contributed by atoms with Gasteiger partial charge in [0.1, 0.15) is 17.6 Å². The van der Waals surface area contributed by atoms with Gasteiger partial charge in [0.2, 0.25) is 0 Å². The van der Waals surface area contributed by atoms with Gasteiger partial charge < -0.3 is 15.0 Å². The smallest absolute Gasteiger partial charge is 0.175 e. The number of sulfone groups is 1. The van der Waals surface area contributed by atoms with Crippen molar-refractivity contribution in [3.05, 3.63) is 107 Å². The van der Waals surface area contributed by atoms with Crippen LogP contribution in [0.5, 0.6) is 0 Å². The molecule has 2 aromatic carbocycles. The Balaban J connectivity index is 1.41. The molecule has 0 aliphatic carbocycles. The normalized spacial score (nSPS) is 12.5. The number of nitrogens with one attached hydrogen (secondary N) is 2. The monoisotopic (exact) mass is 532 g/mol. The molecule has 0 fully saturated rings. The number of nitrogens with zero attached hydrogens (tertiary/aromatic N) is 2. The van der Waals surface area contributed by atoms with Crippen LogP contribution in [0.25, 0.3) is 22.2 Å². The second-order valence-corrected chi connectivity index (χ2v) is 11.2. The first-order valence-corrected chi connectivity index (χ1v) is 13.8. The minimum atomic E-state index is -3.32. The quantitative estimate of drug-likeness (QED) is 0.253. The van der Waals surface area contributed by atoms with E-state index >= 15 is 0 Å². The number of rotatable bonds is 8. The number of halogens is 1. The minimum Gasteiger partial charge on any atom is -0.372 e.